The molecule has 2 amide bonds. The number of benzene rings is 1. The van der Waals surface area contributed by atoms with Crippen LogP contribution < -0.4 is 0 Å². The summed E-state index contributed by atoms with van der Waals surface area (Å²) < 4.78 is 0. The smallest absolute Gasteiger partial charge is 0.320 e. The molecular formula is C20H28N2O2. The van der Waals surface area contributed by atoms with Gasteiger partial charge >= 0.3 is 6.03 Å². The Morgan fingerprint density at radius 1 is 0.958 bits per heavy atom. The van der Waals surface area contributed by atoms with Crippen molar-refractivity contribution >= 4 is 6.03 Å². The van der Waals surface area contributed by atoms with Crippen molar-refractivity contribution in [2.24, 2.45) is 11.8 Å². The van der Waals surface area contributed by atoms with Crippen LogP contribution in [0.3, 0.4) is 0 Å². The van der Waals surface area contributed by atoms with Crippen molar-refractivity contribution in [3.05, 3.63) is 35.9 Å². The number of aliphatic hydroxyl groups is 1. The van der Waals surface area contributed by atoms with Crippen LogP contribution in [-0.2, 0) is 6.42 Å². The molecule has 1 N–H and O–H groups in total. The molecule has 24 heavy (non-hydrogen) atoms. The van der Waals surface area contributed by atoms with Gasteiger partial charge in [0.2, 0.25) is 0 Å². The number of nitrogens with zero attached hydrogens (tertiary/aromatic N) is 2. The van der Waals surface area contributed by atoms with Crippen LogP contribution in [0.4, 0.5) is 4.79 Å². The number of hydrogen-bond acceptors (Lipinski definition) is 2. The summed E-state index contributed by atoms with van der Waals surface area (Å²) in [5, 5.41) is 10.8. The zero-order valence-electron chi connectivity index (χ0n) is 14.3. The Balaban J connectivity index is 1.54. The molecule has 0 aromatic heterocycles. The second-order valence-corrected chi connectivity index (χ2v) is 7.88. The van der Waals surface area contributed by atoms with Crippen LogP contribution in [-0.4, -0.2) is 52.7 Å². The van der Waals surface area contributed by atoms with Crippen molar-refractivity contribution < 1.29 is 9.90 Å². The van der Waals surface area contributed by atoms with E-state index in [-0.39, 0.29) is 12.1 Å². The third-order valence-electron chi connectivity index (χ3n) is 5.67. The van der Waals surface area contributed by atoms with Crippen molar-refractivity contribution in [2.45, 2.75) is 50.7 Å². The Labute approximate surface area is 144 Å². The second kappa shape index (κ2) is 6.75. The number of rotatable bonds is 6. The van der Waals surface area contributed by atoms with E-state index < -0.39 is 6.10 Å². The molecule has 2 saturated carbocycles. The maximum absolute atomic E-state index is 13.2. The van der Waals surface area contributed by atoms with Gasteiger partial charge in [0.05, 0.1) is 12.1 Å². The Morgan fingerprint density at radius 3 is 2.29 bits per heavy atom. The standard InChI is InChI=1S/C20H28N2O2/c23-19-10-11-21(13-16-6-7-16)20(24)22(14-17-8-9-17)18(19)12-15-4-2-1-3-5-15/h1-5,16-19,23H,6-14H2. The highest BCUT2D eigenvalue weighted by molar-refractivity contribution is 5.75. The summed E-state index contributed by atoms with van der Waals surface area (Å²) in [4.78, 5) is 17.2. The fourth-order valence-electron chi connectivity index (χ4n) is 3.78. The number of carbonyl (C=O) groups is 1. The van der Waals surface area contributed by atoms with Gasteiger partial charge in [0.1, 0.15) is 0 Å². The summed E-state index contributed by atoms with van der Waals surface area (Å²) in [7, 11) is 0. The lowest BCUT2D eigenvalue weighted by atomic mass is 9.98. The zero-order valence-corrected chi connectivity index (χ0v) is 14.3. The quantitative estimate of drug-likeness (QED) is 0.872. The van der Waals surface area contributed by atoms with Gasteiger partial charge in [-0.25, -0.2) is 4.79 Å². The molecule has 130 valence electrons. The molecule has 1 aromatic rings. The average Bonchev–Trinajstić information content (AvgIpc) is 3.49. The number of carbonyl (C=O) groups excluding carboxylic acids is 1. The van der Waals surface area contributed by atoms with Gasteiger partial charge in [0.25, 0.3) is 0 Å². The Kier molecular flexibility index (Phi) is 4.49. The second-order valence-electron chi connectivity index (χ2n) is 7.88. The molecule has 2 unspecified atom stereocenters. The summed E-state index contributed by atoms with van der Waals surface area (Å²) in [6.45, 7) is 2.39. The summed E-state index contributed by atoms with van der Waals surface area (Å²) in [6.07, 6.45) is 5.96. The first-order valence-corrected chi connectivity index (χ1v) is 9.48. The van der Waals surface area contributed by atoms with E-state index in [0.717, 1.165) is 19.5 Å². The lowest BCUT2D eigenvalue weighted by molar-refractivity contribution is 0.0692. The largest absolute Gasteiger partial charge is 0.391 e. The number of urea groups is 1. The average molecular weight is 328 g/mol. The molecule has 1 saturated heterocycles. The molecule has 1 aromatic carbocycles. The number of aliphatic hydroxyl groups excluding tert-OH is 1. The van der Waals surface area contributed by atoms with Gasteiger partial charge in [-0.05, 0) is 55.9 Å². The first-order chi connectivity index (χ1) is 11.7. The fourth-order valence-corrected chi connectivity index (χ4v) is 3.78. The predicted molar refractivity (Wildman–Crippen MR) is 93.7 cm³/mol. The highest BCUT2D eigenvalue weighted by Crippen LogP contribution is 2.34. The van der Waals surface area contributed by atoms with Crippen molar-refractivity contribution in [3.63, 3.8) is 0 Å². The molecule has 1 aliphatic heterocycles. The van der Waals surface area contributed by atoms with E-state index in [1.807, 2.05) is 28.0 Å². The minimum absolute atomic E-state index is 0.0929. The monoisotopic (exact) mass is 328 g/mol. The SMILES string of the molecule is O=C1N(CC2CC2)CCC(O)C(Cc2ccccc2)N1CC1CC1. The fraction of sp³-hybridized carbons (Fsp3) is 0.650. The van der Waals surface area contributed by atoms with E-state index in [0.29, 0.717) is 24.8 Å². The van der Waals surface area contributed by atoms with Gasteiger partial charge in [0, 0.05) is 19.6 Å². The normalized spacial score (nSPS) is 28.1. The molecule has 4 rings (SSSR count). The zero-order chi connectivity index (χ0) is 16.5. The van der Waals surface area contributed by atoms with Gasteiger partial charge in [-0.3, -0.25) is 0 Å². The maximum Gasteiger partial charge on any atom is 0.320 e. The van der Waals surface area contributed by atoms with E-state index in [2.05, 4.69) is 12.1 Å². The minimum Gasteiger partial charge on any atom is -0.391 e. The van der Waals surface area contributed by atoms with Gasteiger partial charge in [-0.1, -0.05) is 30.3 Å². The summed E-state index contributed by atoms with van der Waals surface area (Å²) >= 11 is 0. The third-order valence-corrected chi connectivity index (χ3v) is 5.67. The predicted octanol–water partition coefficient (Wildman–Crippen LogP) is 2.91. The molecule has 3 aliphatic rings. The minimum atomic E-state index is -0.433. The highest BCUT2D eigenvalue weighted by Gasteiger charge is 2.40. The van der Waals surface area contributed by atoms with E-state index in [1.54, 1.807) is 0 Å². The molecular weight excluding hydrogens is 300 g/mol. The molecule has 4 heteroatoms. The number of hydrogen-bond donors (Lipinski definition) is 1. The van der Waals surface area contributed by atoms with Crippen LogP contribution in [0.2, 0.25) is 0 Å². The van der Waals surface area contributed by atoms with E-state index in [1.165, 1.54) is 31.2 Å². The van der Waals surface area contributed by atoms with Crippen LogP contribution in [0.1, 0.15) is 37.7 Å². The third kappa shape index (κ3) is 3.75. The van der Waals surface area contributed by atoms with Crippen molar-refractivity contribution in [2.75, 3.05) is 19.6 Å². The number of amides is 2. The summed E-state index contributed by atoms with van der Waals surface area (Å²) in [5.74, 6) is 1.33. The van der Waals surface area contributed by atoms with Gasteiger partial charge in [0.15, 0.2) is 0 Å². The molecule has 0 bridgehead atoms. The van der Waals surface area contributed by atoms with Crippen LogP contribution in [0, 0.1) is 11.8 Å². The first kappa shape index (κ1) is 15.9. The van der Waals surface area contributed by atoms with Gasteiger partial charge in [-0.15, -0.1) is 0 Å². The molecule has 0 spiro atoms. The first-order valence-electron chi connectivity index (χ1n) is 9.48. The summed E-state index contributed by atoms with van der Waals surface area (Å²) in [6, 6.07) is 10.3. The van der Waals surface area contributed by atoms with Crippen molar-refractivity contribution in [3.8, 4) is 0 Å². The van der Waals surface area contributed by atoms with Gasteiger partial charge in [-0.2, -0.15) is 0 Å². The van der Waals surface area contributed by atoms with E-state index >= 15 is 0 Å². The molecule has 0 radical (unpaired) electrons. The Bertz CT molecular complexity index is 568. The highest BCUT2D eigenvalue weighted by atomic mass is 16.3. The molecule has 2 atom stereocenters. The van der Waals surface area contributed by atoms with E-state index in [9.17, 15) is 9.90 Å². The Morgan fingerprint density at radius 2 is 1.62 bits per heavy atom. The Hall–Kier alpha value is -1.55. The molecule has 1 heterocycles. The van der Waals surface area contributed by atoms with Crippen LogP contribution in [0.5, 0.6) is 0 Å². The topological polar surface area (TPSA) is 43.8 Å². The maximum atomic E-state index is 13.2. The van der Waals surface area contributed by atoms with Gasteiger partial charge < -0.3 is 14.9 Å². The van der Waals surface area contributed by atoms with Crippen LogP contribution >= 0.6 is 0 Å². The molecule has 4 nitrogen and oxygen atoms in total. The lowest BCUT2D eigenvalue weighted by Crippen LogP contribution is -2.51. The van der Waals surface area contributed by atoms with Crippen LogP contribution in [0.15, 0.2) is 30.3 Å². The summed E-state index contributed by atoms with van der Waals surface area (Å²) in [5.41, 5.74) is 1.20. The lowest BCUT2D eigenvalue weighted by Gasteiger charge is -2.34. The molecule has 3 fully saturated rings. The molecule has 2 aliphatic carbocycles. The van der Waals surface area contributed by atoms with E-state index in [4.69, 9.17) is 0 Å². The van der Waals surface area contributed by atoms with Crippen molar-refractivity contribution in [1.29, 1.82) is 0 Å². The van der Waals surface area contributed by atoms with Crippen LogP contribution in [0.25, 0.3) is 0 Å². The van der Waals surface area contributed by atoms with Crippen molar-refractivity contribution in [1.82, 2.24) is 9.80 Å².